The fourth-order valence-electron chi connectivity index (χ4n) is 4.33. The zero-order chi connectivity index (χ0) is 25.1. The molecule has 34 heavy (non-hydrogen) atoms. The first-order valence-corrected chi connectivity index (χ1v) is 13.3. The number of nitrogens with zero attached hydrogens (tertiary/aromatic N) is 2. The number of amides is 2. The molecule has 2 aliphatic rings. The quantitative estimate of drug-likeness (QED) is 0.674. The Morgan fingerprint density at radius 2 is 1.74 bits per heavy atom. The van der Waals surface area contributed by atoms with Crippen molar-refractivity contribution >= 4 is 22.0 Å². The van der Waals surface area contributed by atoms with Gasteiger partial charge in [0, 0.05) is 38.3 Å². The lowest BCUT2D eigenvalue weighted by Gasteiger charge is -2.34. The molecule has 0 aliphatic carbocycles. The van der Waals surface area contributed by atoms with Crippen LogP contribution in [0.3, 0.4) is 0 Å². The molecular formula is C24H37N3O6S. The number of hydrogen-bond acceptors (Lipinski definition) is 6. The van der Waals surface area contributed by atoms with E-state index in [-0.39, 0.29) is 42.0 Å². The molecule has 2 heterocycles. The molecule has 0 radical (unpaired) electrons. The number of carbonyl (C=O) groups excluding carboxylic acids is 2. The smallest absolute Gasteiger partial charge is 0.407 e. The van der Waals surface area contributed by atoms with Gasteiger partial charge in [0.15, 0.2) is 0 Å². The minimum atomic E-state index is -3.72. The van der Waals surface area contributed by atoms with Gasteiger partial charge in [0.1, 0.15) is 5.60 Å². The van der Waals surface area contributed by atoms with Crippen molar-refractivity contribution < 1.29 is 27.5 Å². The van der Waals surface area contributed by atoms with Crippen LogP contribution in [0, 0.1) is 5.92 Å². The van der Waals surface area contributed by atoms with Crippen molar-refractivity contribution in [2.24, 2.45) is 5.92 Å². The number of nitrogens with one attached hydrogen (secondary N) is 1. The lowest BCUT2D eigenvalue weighted by Crippen LogP contribution is -2.48. The zero-order valence-corrected chi connectivity index (χ0v) is 21.6. The largest absolute Gasteiger partial charge is 0.444 e. The van der Waals surface area contributed by atoms with Crippen molar-refractivity contribution in [2.45, 2.75) is 70.2 Å². The van der Waals surface area contributed by atoms with Crippen molar-refractivity contribution in [2.75, 3.05) is 32.7 Å². The van der Waals surface area contributed by atoms with Gasteiger partial charge in [-0.2, -0.15) is 4.31 Å². The Morgan fingerprint density at radius 3 is 2.32 bits per heavy atom. The molecule has 1 aromatic carbocycles. The van der Waals surface area contributed by atoms with Crippen molar-refractivity contribution in [1.29, 1.82) is 0 Å². The Kier molecular flexibility index (Phi) is 8.26. The van der Waals surface area contributed by atoms with Gasteiger partial charge >= 0.3 is 6.09 Å². The van der Waals surface area contributed by atoms with Crippen LogP contribution in [0.15, 0.2) is 29.2 Å². The van der Waals surface area contributed by atoms with E-state index in [0.29, 0.717) is 25.2 Å². The first-order chi connectivity index (χ1) is 15.8. The number of benzene rings is 1. The zero-order valence-electron chi connectivity index (χ0n) is 20.7. The third kappa shape index (κ3) is 6.93. The summed E-state index contributed by atoms with van der Waals surface area (Å²) in [5.41, 5.74) is -0.180. The summed E-state index contributed by atoms with van der Waals surface area (Å²) in [7, 11) is -3.72. The number of morpholine rings is 1. The van der Waals surface area contributed by atoms with Crippen molar-refractivity contribution in [3.8, 4) is 0 Å². The van der Waals surface area contributed by atoms with Crippen LogP contribution in [0.1, 0.15) is 57.8 Å². The molecule has 1 aromatic rings. The van der Waals surface area contributed by atoms with Crippen molar-refractivity contribution in [1.82, 2.24) is 14.5 Å². The highest BCUT2D eigenvalue weighted by atomic mass is 32.2. The average Bonchev–Trinajstić information content (AvgIpc) is 2.76. The standard InChI is InChI=1S/C24H37N3O6S/c1-17-15-27(16-18(2)32-17)34(30,31)21-8-6-7-20(13-21)22(28)26-11-9-19(10-12-26)14-25-23(29)33-24(3,4)5/h6-8,13,17-19H,9-12,14-16H2,1-5H3,(H,25,29). The molecule has 0 bridgehead atoms. The first-order valence-electron chi connectivity index (χ1n) is 11.9. The number of carbonyl (C=O) groups is 2. The highest BCUT2D eigenvalue weighted by molar-refractivity contribution is 7.89. The van der Waals surface area contributed by atoms with E-state index in [1.165, 1.54) is 16.4 Å². The van der Waals surface area contributed by atoms with Crippen molar-refractivity contribution in [3.05, 3.63) is 29.8 Å². The van der Waals surface area contributed by atoms with Gasteiger partial charge in [-0.15, -0.1) is 0 Å². The van der Waals surface area contributed by atoms with Crippen LogP contribution in [0.4, 0.5) is 4.79 Å². The molecule has 2 saturated heterocycles. The van der Waals surface area contributed by atoms with E-state index < -0.39 is 21.7 Å². The molecule has 2 atom stereocenters. The summed E-state index contributed by atoms with van der Waals surface area (Å²) in [4.78, 5) is 26.8. The van der Waals surface area contributed by atoms with Gasteiger partial charge < -0.3 is 19.7 Å². The summed E-state index contributed by atoms with van der Waals surface area (Å²) in [6, 6.07) is 6.27. The highest BCUT2D eigenvalue weighted by Crippen LogP contribution is 2.24. The lowest BCUT2D eigenvalue weighted by atomic mass is 9.96. The first kappa shape index (κ1) is 26.4. The third-order valence-corrected chi connectivity index (χ3v) is 7.77. The predicted molar refractivity (Wildman–Crippen MR) is 128 cm³/mol. The fourth-order valence-corrected chi connectivity index (χ4v) is 5.97. The van der Waals surface area contributed by atoms with Crippen LogP contribution in [-0.2, 0) is 19.5 Å². The number of hydrogen-bond donors (Lipinski definition) is 1. The summed E-state index contributed by atoms with van der Waals surface area (Å²) in [6.45, 7) is 11.3. The number of rotatable bonds is 5. The SMILES string of the molecule is CC1CN(S(=O)(=O)c2cccc(C(=O)N3CCC(CNC(=O)OC(C)(C)C)CC3)c2)CC(C)O1. The molecule has 2 unspecified atom stereocenters. The van der Waals surface area contributed by atoms with E-state index in [1.807, 2.05) is 34.6 Å². The van der Waals surface area contributed by atoms with Gasteiger partial charge in [0.2, 0.25) is 10.0 Å². The number of ether oxygens (including phenoxy) is 2. The summed E-state index contributed by atoms with van der Waals surface area (Å²) >= 11 is 0. The predicted octanol–water partition coefficient (Wildman–Crippen LogP) is 2.86. The lowest BCUT2D eigenvalue weighted by molar-refractivity contribution is -0.0440. The molecule has 2 aliphatic heterocycles. The molecule has 9 nitrogen and oxygen atoms in total. The second-order valence-corrected chi connectivity index (χ2v) is 12.2. The van der Waals surface area contributed by atoms with Gasteiger partial charge in [-0.3, -0.25) is 4.79 Å². The van der Waals surface area contributed by atoms with Gasteiger partial charge in [0.05, 0.1) is 17.1 Å². The van der Waals surface area contributed by atoms with Crippen LogP contribution in [-0.4, -0.2) is 80.2 Å². The molecule has 10 heteroatoms. The highest BCUT2D eigenvalue weighted by Gasteiger charge is 2.33. The van der Waals surface area contributed by atoms with Crippen LogP contribution in [0.25, 0.3) is 0 Å². The number of sulfonamides is 1. The Bertz CT molecular complexity index is 973. The Morgan fingerprint density at radius 1 is 1.12 bits per heavy atom. The summed E-state index contributed by atoms with van der Waals surface area (Å²) in [6.07, 6.45) is 0.698. The van der Waals surface area contributed by atoms with Gasteiger partial charge in [-0.1, -0.05) is 6.07 Å². The number of alkyl carbamates (subject to hydrolysis) is 1. The molecule has 0 saturated carbocycles. The molecule has 2 fully saturated rings. The Hall–Kier alpha value is -2.17. The molecule has 0 spiro atoms. The Balaban J connectivity index is 1.58. The molecule has 190 valence electrons. The Labute approximate surface area is 202 Å². The minimum absolute atomic E-state index is 0.121. The monoisotopic (exact) mass is 495 g/mol. The number of likely N-dealkylation sites (tertiary alicyclic amines) is 1. The molecule has 0 aromatic heterocycles. The van der Waals surface area contributed by atoms with Crippen LogP contribution < -0.4 is 5.32 Å². The van der Waals surface area contributed by atoms with Crippen LogP contribution in [0.2, 0.25) is 0 Å². The minimum Gasteiger partial charge on any atom is -0.444 e. The van der Waals surface area contributed by atoms with Gasteiger partial charge in [-0.05, 0) is 71.6 Å². The fraction of sp³-hybridized carbons (Fsp3) is 0.667. The summed E-state index contributed by atoms with van der Waals surface area (Å²) in [5, 5.41) is 2.80. The van der Waals surface area contributed by atoms with Crippen LogP contribution >= 0.6 is 0 Å². The van der Waals surface area contributed by atoms with E-state index in [0.717, 1.165) is 12.8 Å². The topological polar surface area (TPSA) is 105 Å². The van der Waals surface area contributed by atoms with E-state index >= 15 is 0 Å². The summed E-state index contributed by atoms with van der Waals surface area (Å²) < 4.78 is 38.7. The van der Waals surface area contributed by atoms with E-state index in [9.17, 15) is 18.0 Å². The molecule has 1 N–H and O–H groups in total. The normalized spacial score (nSPS) is 22.9. The van der Waals surface area contributed by atoms with Crippen molar-refractivity contribution in [3.63, 3.8) is 0 Å². The average molecular weight is 496 g/mol. The maximum atomic E-state index is 13.2. The summed E-state index contributed by atoms with van der Waals surface area (Å²) in [5.74, 6) is 0.0768. The molecular weight excluding hydrogens is 458 g/mol. The van der Waals surface area contributed by atoms with Crippen LogP contribution in [0.5, 0.6) is 0 Å². The maximum absolute atomic E-state index is 13.2. The maximum Gasteiger partial charge on any atom is 0.407 e. The third-order valence-electron chi connectivity index (χ3n) is 5.94. The number of piperidine rings is 1. The molecule has 3 rings (SSSR count). The second kappa shape index (κ2) is 10.6. The van der Waals surface area contributed by atoms with E-state index in [1.54, 1.807) is 17.0 Å². The van der Waals surface area contributed by atoms with Gasteiger partial charge in [-0.25, -0.2) is 13.2 Å². The molecule has 2 amide bonds. The van der Waals surface area contributed by atoms with Gasteiger partial charge in [0.25, 0.3) is 5.91 Å². The second-order valence-electron chi connectivity index (χ2n) is 10.2. The van der Waals surface area contributed by atoms with E-state index in [4.69, 9.17) is 9.47 Å². The van der Waals surface area contributed by atoms with E-state index in [2.05, 4.69) is 5.32 Å².